The molecular weight excluding hydrogens is 352 g/mol. The summed E-state index contributed by atoms with van der Waals surface area (Å²) in [6.45, 7) is 4.45. The van der Waals surface area contributed by atoms with Gasteiger partial charge in [0, 0.05) is 11.8 Å². The van der Waals surface area contributed by atoms with Crippen molar-refractivity contribution >= 4 is 0 Å². The van der Waals surface area contributed by atoms with Gasteiger partial charge in [-0.05, 0) is 26.0 Å². The maximum atomic E-state index is 11.8. The summed E-state index contributed by atoms with van der Waals surface area (Å²) in [5, 5.41) is 0. The fourth-order valence-electron chi connectivity index (χ4n) is 3.36. The van der Waals surface area contributed by atoms with Crippen molar-refractivity contribution in [1.82, 2.24) is 9.55 Å². The van der Waals surface area contributed by atoms with Gasteiger partial charge in [0.25, 0.3) is 5.56 Å². The molecule has 0 bridgehead atoms. The molecule has 8 heteroatoms. The summed E-state index contributed by atoms with van der Waals surface area (Å²) in [5.74, 6) is 0.776. The summed E-state index contributed by atoms with van der Waals surface area (Å²) in [6.07, 6.45) is 0.503. The Morgan fingerprint density at radius 3 is 2.48 bits per heavy atom. The van der Waals surface area contributed by atoms with Gasteiger partial charge in [0.2, 0.25) is 0 Å². The highest BCUT2D eigenvalue weighted by atomic mass is 16.6. The number of aryl methyl sites for hydroxylation is 2. The number of nitrogens with zero attached hydrogens (tertiary/aromatic N) is 1. The lowest BCUT2D eigenvalue weighted by molar-refractivity contribution is -0.0614. The van der Waals surface area contributed by atoms with Gasteiger partial charge in [0.1, 0.15) is 30.8 Å². The number of hydrogen-bond acceptors (Lipinski definition) is 6. The zero-order valence-corrected chi connectivity index (χ0v) is 15.2. The van der Waals surface area contributed by atoms with E-state index in [1.54, 1.807) is 6.92 Å². The minimum Gasteiger partial charge on any atom is -0.485 e. The van der Waals surface area contributed by atoms with E-state index in [-0.39, 0.29) is 31.1 Å². The van der Waals surface area contributed by atoms with Crippen LogP contribution in [0, 0.1) is 13.8 Å². The molecule has 2 saturated heterocycles. The highest BCUT2D eigenvalue weighted by Crippen LogP contribution is 2.31. The molecule has 2 aliphatic heterocycles. The van der Waals surface area contributed by atoms with Gasteiger partial charge >= 0.3 is 5.69 Å². The third-order valence-corrected chi connectivity index (χ3v) is 4.89. The van der Waals surface area contributed by atoms with E-state index in [9.17, 15) is 9.59 Å². The zero-order chi connectivity index (χ0) is 19.0. The SMILES string of the molecule is Cc1ccc(O[C@H]2CO[C@H]3[C@@H]2OC[C@H]3OCn2cc(C)c(=O)[nH]c2=O)cc1. The van der Waals surface area contributed by atoms with Gasteiger partial charge in [-0.3, -0.25) is 14.3 Å². The first-order chi connectivity index (χ1) is 13.0. The Morgan fingerprint density at radius 2 is 1.74 bits per heavy atom. The number of aromatic nitrogens is 2. The smallest absolute Gasteiger partial charge is 0.330 e. The molecule has 0 radical (unpaired) electrons. The molecular formula is C19H22N2O6. The number of hydrogen-bond donors (Lipinski definition) is 1. The molecule has 2 aromatic rings. The molecule has 0 spiro atoms. The summed E-state index contributed by atoms with van der Waals surface area (Å²) in [4.78, 5) is 25.5. The molecule has 4 atom stereocenters. The summed E-state index contributed by atoms with van der Waals surface area (Å²) in [6, 6.07) is 7.84. The molecule has 1 aromatic carbocycles. The van der Waals surface area contributed by atoms with Crippen LogP contribution >= 0.6 is 0 Å². The van der Waals surface area contributed by atoms with Crippen LogP contribution in [0.2, 0.25) is 0 Å². The van der Waals surface area contributed by atoms with E-state index >= 15 is 0 Å². The highest BCUT2D eigenvalue weighted by Gasteiger charge is 2.49. The van der Waals surface area contributed by atoms with E-state index in [0.717, 1.165) is 5.75 Å². The van der Waals surface area contributed by atoms with E-state index in [1.165, 1.54) is 16.3 Å². The van der Waals surface area contributed by atoms with Gasteiger partial charge in [-0.1, -0.05) is 17.7 Å². The lowest BCUT2D eigenvalue weighted by Gasteiger charge is -2.18. The minimum absolute atomic E-state index is 0.0144. The average molecular weight is 374 g/mol. The first kappa shape index (κ1) is 18.0. The number of H-pyrrole nitrogens is 1. The molecule has 1 aromatic heterocycles. The molecule has 0 saturated carbocycles. The van der Waals surface area contributed by atoms with Crippen LogP contribution in [-0.2, 0) is 20.9 Å². The van der Waals surface area contributed by atoms with Crippen LogP contribution in [0.25, 0.3) is 0 Å². The fourth-order valence-corrected chi connectivity index (χ4v) is 3.36. The number of benzene rings is 1. The van der Waals surface area contributed by atoms with Gasteiger partial charge in [0.05, 0.1) is 13.2 Å². The molecule has 2 fully saturated rings. The van der Waals surface area contributed by atoms with Crippen molar-refractivity contribution in [2.45, 2.75) is 45.0 Å². The Hall–Kier alpha value is -2.42. The number of rotatable bonds is 5. The lowest BCUT2D eigenvalue weighted by Crippen LogP contribution is -2.37. The number of aromatic amines is 1. The van der Waals surface area contributed by atoms with Crippen molar-refractivity contribution in [3.8, 4) is 5.75 Å². The number of nitrogens with one attached hydrogen (secondary N) is 1. The van der Waals surface area contributed by atoms with E-state index in [0.29, 0.717) is 18.8 Å². The first-order valence-electron chi connectivity index (χ1n) is 8.90. The summed E-state index contributed by atoms with van der Waals surface area (Å²) in [7, 11) is 0. The first-order valence-corrected chi connectivity index (χ1v) is 8.90. The third-order valence-electron chi connectivity index (χ3n) is 4.89. The Morgan fingerprint density at radius 1 is 1.07 bits per heavy atom. The van der Waals surface area contributed by atoms with E-state index < -0.39 is 11.2 Å². The van der Waals surface area contributed by atoms with Gasteiger partial charge in [-0.25, -0.2) is 4.79 Å². The minimum atomic E-state index is -0.506. The summed E-state index contributed by atoms with van der Waals surface area (Å²) in [5.41, 5.74) is 0.716. The second kappa shape index (κ2) is 7.30. The molecule has 2 aliphatic rings. The third kappa shape index (κ3) is 3.69. The van der Waals surface area contributed by atoms with Crippen molar-refractivity contribution in [2.24, 2.45) is 0 Å². The van der Waals surface area contributed by atoms with Crippen LogP contribution in [0.4, 0.5) is 0 Å². The molecule has 0 amide bonds. The molecule has 27 heavy (non-hydrogen) atoms. The maximum Gasteiger partial charge on any atom is 0.330 e. The van der Waals surface area contributed by atoms with Crippen molar-refractivity contribution in [3.63, 3.8) is 0 Å². The van der Waals surface area contributed by atoms with Crippen LogP contribution in [0.15, 0.2) is 40.1 Å². The highest BCUT2D eigenvalue weighted by molar-refractivity contribution is 5.26. The summed E-state index contributed by atoms with van der Waals surface area (Å²) < 4.78 is 24.8. The van der Waals surface area contributed by atoms with Gasteiger partial charge in [-0.15, -0.1) is 0 Å². The summed E-state index contributed by atoms with van der Waals surface area (Å²) >= 11 is 0. The fraction of sp³-hybridized carbons (Fsp3) is 0.474. The van der Waals surface area contributed by atoms with Crippen LogP contribution in [-0.4, -0.2) is 47.2 Å². The molecule has 3 heterocycles. The second-order valence-electron chi connectivity index (χ2n) is 6.94. The van der Waals surface area contributed by atoms with Crippen LogP contribution < -0.4 is 16.0 Å². The topological polar surface area (TPSA) is 91.8 Å². The molecule has 0 unspecified atom stereocenters. The normalized spacial score (nSPS) is 26.9. The van der Waals surface area contributed by atoms with Crippen LogP contribution in [0.5, 0.6) is 5.75 Å². The predicted octanol–water partition coefficient (Wildman–Crippen LogP) is 0.741. The van der Waals surface area contributed by atoms with E-state index in [1.807, 2.05) is 31.2 Å². The second-order valence-corrected chi connectivity index (χ2v) is 6.94. The van der Waals surface area contributed by atoms with E-state index in [4.69, 9.17) is 18.9 Å². The van der Waals surface area contributed by atoms with Gasteiger partial charge < -0.3 is 18.9 Å². The standard InChI is InChI=1S/C19H22N2O6/c1-11-3-5-13(6-4-11)27-15-9-25-16-14(8-24-17(15)16)26-10-21-7-12(2)18(22)20-19(21)23/h3-7,14-17H,8-10H2,1-2H3,(H,20,22,23)/t14-,15+,16-,17-/m1/s1. The number of ether oxygens (including phenoxy) is 4. The zero-order valence-electron chi connectivity index (χ0n) is 15.2. The molecule has 4 rings (SSSR count). The molecule has 8 nitrogen and oxygen atoms in total. The van der Waals surface area contributed by atoms with Crippen molar-refractivity contribution < 1.29 is 18.9 Å². The molecule has 1 N–H and O–H groups in total. The van der Waals surface area contributed by atoms with Gasteiger partial charge in [0.15, 0.2) is 6.10 Å². The Bertz CT molecular complexity index is 919. The predicted molar refractivity (Wildman–Crippen MR) is 96.0 cm³/mol. The molecule has 0 aliphatic carbocycles. The van der Waals surface area contributed by atoms with Crippen LogP contribution in [0.1, 0.15) is 11.1 Å². The monoisotopic (exact) mass is 374 g/mol. The van der Waals surface area contributed by atoms with E-state index in [2.05, 4.69) is 4.98 Å². The van der Waals surface area contributed by atoms with Crippen LogP contribution in [0.3, 0.4) is 0 Å². The number of fused-ring (bicyclic) bond motifs is 1. The maximum absolute atomic E-state index is 11.8. The lowest BCUT2D eigenvalue weighted by atomic mass is 10.1. The quantitative estimate of drug-likeness (QED) is 0.830. The largest absolute Gasteiger partial charge is 0.485 e. The average Bonchev–Trinajstić information content (AvgIpc) is 3.22. The molecule has 144 valence electrons. The van der Waals surface area contributed by atoms with Crippen molar-refractivity contribution in [3.05, 3.63) is 62.4 Å². The Balaban J connectivity index is 1.37. The van der Waals surface area contributed by atoms with Crippen molar-refractivity contribution in [2.75, 3.05) is 13.2 Å². The Kier molecular flexibility index (Phi) is 4.86. The Labute approximate surface area is 155 Å². The van der Waals surface area contributed by atoms with Crippen molar-refractivity contribution in [1.29, 1.82) is 0 Å². The van der Waals surface area contributed by atoms with Gasteiger partial charge in [-0.2, -0.15) is 0 Å².